The van der Waals surface area contributed by atoms with E-state index in [4.69, 9.17) is 4.74 Å². The van der Waals surface area contributed by atoms with E-state index >= 15 is 0 Å². The van der Waals surface area contributed by atoms with Crippen molar-refractivity contribution < 1.29 is 19.4 Å². The van der Waals surface area contributed by atoms with Gasteiger partial charge in [-0.15, -0.1) is 0 Å². The Labute approximate surface area is 164 Å². The van der Waals surface area contributed by atoms with E-state index in [1.807, 2.05) is 24.3 Å². The number of fused-ring (bicyclic) bond motifs is 3. The normalized spacial score (nSPS) is 21.1. The first kappa shape index (κ1) is 18.5. The van der Waals surface area contributed by atoms with Gasteiger partial charge in [-0.25, -0.2) is 4.79 Å². The number of piperidine rings is 1. The van der Waals surface area contributed by atoms with Crippen LogP contribution in [0.25, 0.3) is 11.1 Å². The Bertz CT molecular complexity index is 852. The van der Waals surface area contributed by atoms with Crippen molar-refractivity contribution in [2.24, 2.45) is 5.92 Å². The fourth-order valence-electron chi connectivity index (χ4n) is 4.32. The second kappa shape index (κ2) is 7.64. The van der Waals surface area contributed by atoms with E-state index in [-0.39, 0.29) is 25.1 Å². The molecule has 2 aromatic carbocycles. The third-order valence-electron chi connectivity index (χ3n) is 5.80. The number of likely N-dealkylation sites (tertiary alicyclic amines) is 1. The highest BCUT2D eigenvalue weighted by molar-refractivity contribution is 5.79. The Morgan fingerprint density at radius 2 is 1.68 bits per heavy atom. The number of aliphatic carboxylic acids is 1. The summed E-state index contributed by atoms with van der Waals surface area (Å²) in [7, 11) is 1.78. The monoisotopic (exact) mass is 380 g/mol. The van der Waals surface area contributed by atoms with Crippen LogP contribution < -0.4 is 5.32 Å². The number of hydrogen-bond acceptors (Lipinski definition) is 4. The van der Waals surface area contributed by atoms with E-state index in [2.05, 4.69) is 29.6 Å². The number of benzene rings is 2. The molecule has 6 nitrogen and oxygen atoms in total. The summed E-state index contributed by atoms with van der Waals surface area (Å²) in [5, 5.41) is 12.4. The molecule has 6 heteroatoms. The van der Waals surface area contributed by atoms with Crippen LogP contribution in [0.3, 0.4) is 0 Å². The van der Waals surface area contributed by atoms with Crippen LogP contribution in [-0.2, 0) is 9.53 Å². The molecule has 0 unspecified atom stereocenters. The smallest absolute Gasteiger partial charge is 0.409 e. The molecule has 2 aliphatic rings. The number of carbonyl (C=O) groups is 2. The minimum Gasteiger partial charge on any atom is -0.481 e. The Kier molecular flexibility index (Phi) is 5.05. The van der Waals surface area contributed by atoms with Gasteiger partial charge in [0.25, 0.3) is 0 Å². The fourth-order valence-corrected chi connectivity index (χ4v) is 4.32. The van der Waals surface area contributed by atoms with Crippen molar-refractivity contribution in [1.29, 1.82) is 0 Å². The number of hydrogen-bond donors (Lipinski definition) is 2. The van der Waals surface area contributed by atoms with Crippen molar-refractivity contribution in [2.45, 2.75) is 18.4 Å². The fraction of sp³-hybridized carbons (Fsp3) is 0.364. The molecule has 2 N–H and O–H groups in total. The third-order valence-corrected chi connectivity index (χ3v) is 5.80. The first-order valence-corrected chi connectivity index (χ1v) is 9.58. The Morgan fingerprint density at radius 3 is 2.25 bits per heavy atom. The maximum absolute atomic E-state index is 12.7. The standard InChI is InChI=1S/C22H24N2O4/c1-23-15-10-14(21(25)26)11-24(12-15)22(27)28-13-20-18-8-4-2-6-16(18)17-7-3-5-9-19(17)20/h2-9,14-15,20,23H,10-13H2,1H3,(H,25,26)/t14-,15+/m0/s1. The predicted octanol–water partition coefficient (Wildman–Crippen LogP) is 2.93. The molecule has 1 aliphatic heterocycles. The number of carboxylic acids is 1. The van der Waals surface area contributed by atoms with E-state index in [0.717, 1.165) is 11.1 Å². The number of nitrogens with one attached hydrogen (secondary N) is 1. The van der Waals surface area contributed by atoms with Gasteiger partial charge in [0.2, 0.25) is 0 Å². The van der Waals surface area contributed by atoms with Crippen molar-refractivity contribution >= 4 is 12.1 Å². The van der Waals surface area contributed by atoms with Crippen LogP contribution in [0.1, 0.15) is 23.5 Å². The average Bonchev–Trinajstić information content (AvgIpc) is 3.05. The first-order valence-electron chi connectivity index (χ1n) is 9.58. The van der Waals surface area contributed by atoms with Gasteiger partial charge < -0.3 is 20.1 Å². The van der Waals surface area contributed by atoms with Crippen molar-refractivity contribution in [3.63, 3.8) is 0 Å². The maximum atomic E-state index is 12.7. The first-order chi connectivity index (χ1) is 13.6. The zero-order valence-electron chi connectivity index (χ0n) is 15.8. The molecular weight excluding hydrogens is 356 g/mol. The number of likely N-dealkylation sites (N-methyl/N-ethyl adjacent to an activating group) is 1. The topological polar surface area (TPSA) is 78.9 Å². The number of nitrogens with zero attached hydrogens (tertiary/aromatic N) is 1. The van der Waals surface area contributed by atoms with Gasteiger partial charge >= 0.3 is 12.1 Å². The second-order valence-corrected chi connectivity index (χ2v) is 7.47. The zero-order chi connectivity index (χ0) is 19.7. The quantitative estimate of drug-likeness (QED) is 0.853. The molecule has 28 heavy (non-hydrogen) atoms. The molecule has 0 saturated carbocycles. The highest BCUT2D eigenvalue weighted by atomic mass is 16.6. The Hall–Kier alpha value is -2.86. The summed E-state index contributed by atoms with van der Waals surface area (Å²) in [6, 6.07) is 16.3. The van der Waals surface area contributed by atoms with Crippen molar-refractivity contribution in [2.75, 3.05) is 26.7 Å². The molecule has 0 bridgehead atoms. The zero-order valence-corrected chi connectivity index (χ0v) is 15.8. The lowest BCUT2D eigenvalue weighted by atomic mass is 9.95. The summed E-state index contributed by atoms with van der Waals surface area (Å²) in [5.41, 5.74) is 4.68. The lowest BCUT2D eigenvalue weighted by molar-refractivity contribution is -0.143. The van der Waals surface area contributed by atoms with E-state index < -0.39 is 18.0 Å². The van der Waals surface area contributed by atoms with Crippen molar-refractivity contribution in [1.82, 2.24) is 10.2 Å². The highest BCUT2D eigenvalue weighted by Gasteiger charge is 2.35. The largest absolute Gasteiger partial charge is 0.481 e. The number of carbonyl (C=O) groups excluding carboxylic acids is 1. The minimum absolute atomic E-state index is 0.00323. The highest BCUT2D eigenvalue weighted by Crippen LogP contribution is 2.44. The molecule has 0 radical (unpaired) electrons. The minimum atomic E-state index is -0.878. The molecule has 0 aromatic heterocycles. The lowest BCUT2D eigenvalue weighted by Crippen LogP contribution is -2.52. The summed E-state index contributed by atoms with van der Waals surface area (Å²) in [4.78, 5) is 25.6. The number of carboxylic acid groups (broad SMARTS) is 1. The number of amides is 1. The van der Waals surface area contributed by atoms with Gasteiger partial charge in [0.05, 0.1) is 5.92 Å². The van der Waals surface area contributed by atoms with E-state index in [0.29, 0.717) is 13.0 Å². The average molecular weight is 380 g/mol. The van der Waals surface area contributed by atoms with Gasteiger partial charge in [0.1, 0.15) is 6.61 Å². The van der Waals surface area contributed by atoms with Gasteiger partial charge in [0, 0.05) is 25.0 Å². The SMILES string of the molecule is CN[C@@H]1C[C@H](C(=O)O)CN(C(=O)OCC2c3ccccc3-c3ccccc32)C1. The van der Waals surface area contributed by atoms with Crippen molar-refractivity contribution in [3.8, 4) is 11.1 Å². The van der Waals surface area contributed by atoms with Gasteiger partial charge in [-0.2, -0.15) is 0 Å². The van der Waals surface area contributed by atoms with Gasteiger partial charge in [-0.1, -0.05) is 48.5 Å². The van der Waals surface area contributed by atoms with Crippen LogP contribution in [-0.4, -0.2) is 54.9 Å². The van der Waals surface area contributed by atoms with Gasteiger partial charge in [-0.05, 0) is 35.7 Å². The van der Waals surface area contributed by atoms with E-state index in [9.17, 15) is 14.7 Å². The molecule has 1 fully saturated rings. The second-order valence-electron chi connectivity index (χ2n) is 7.47. The predicted molar refractivity (Wildman–Crippen MR) is 105 cm³/mol. The number of ether oxygens (including phenoxy) is 1. The third kappa shape index (κ3) is 3.36. The molecule has 2 aromatic rings. The van der Waals surface area contributed by atoms with Crippen LogP contribution >= 0.6 is 0 Å². The van der Waals surface area contributed by atoms with Crippen LogP contribution in [0.2, 0.25) is 0 Å². The summed E-state index contributed by atoms with van der Waals surface area (Å²) in [6.07, 6.45) is 0.0620. The van der Waals surface area contributed by atoms with Crippen LogP contribution in [0.15, 0.2) is 48.5 Å². The number of rotatable bonds is 4. The molecular formula is C22H24N2O4. The van der Waals surface area contributed by atoms with Gasteiger partial charge in [0.15, 0.2) is 0 Å². The molecule has 2 atom stereocenters. The molecule has 1 amide bonds. The van der Waals surface area contributed by atoms with Crippen LogP contribution in [0, 0.1) is 5.92 Å². The summed E-state index contributed by atoms with van der Waals surface area (Å²) in [5.74, 6) is -1.46. The summed E-state index contributed by atoms with van der Waals surface area (Å²) < 4.78 is 5.67. The molecule has 4 rings (SSSR count). The summed E-state index contributed by atoms with van der Waals surface area (Å²) in [6.45, 7) is 0.881. The molecule has 146 valence electrons. The van der Waals surface area contributed by atoms with Crippen LogP contribution in [0.5, 0.6) is 0 Å². The molecule has 1 aliphatic carbocycles. The maximum Gasteiger partial charge on any atom is 0.409 e. The lowest BCUT2D eigenvalue weighted by Gasteiger charge is -2.35. The van der Waals surface area contributed by atoms with Crippen molar-refractivity contribution in [3.05, 3.63) is 59.7 Å². The molecule has 0 spiro atoms. The molecule has 1 saturated heterocycles. The molecule has 1 heterocycles. The van der Waals surface area contributed by atoms with E-state index in [1.54, 1.807) is 7.05 Å². The Morgan fingerprint density at radius 1 is 1.07 bits per heavy atom. The summed E-state index contributed by atoms with van der Waals surface area (Å²) >= 11 is 0. The Balaban J connectivity index is 1.48. The van der Waals surface area contributed by atoms with E-state index in [1.165, 1.54) is 16.0 Å². The van der Waals surface area contributed by atoms with Crippen LogP contribution in [0.4, 0.5) is 4.79 Å². The van der Waals surface area contributed by atoms with Gasteiger partial charge in [-0.3, -0.25) is 4.79 Å².